The van der Waals surface area contributed by atoms with Crippen LogP contribution in [0.1, 0.15) is 39.5 Å². The van der Waals surface area contributed by atoms with Crippen LogP contribution in [0.5, 0.6) is 0 Å². The Kier molecular flexibility index (Phi) is 3.71. The van der Waals surface area contributed by atoms with Gasteiger partial charge in [-0.2, -0.15) is 15.1 Å². The molecule has 0 aliphatic heterocycles. The van der Waals surface area contributed by atoms with Gasteiger partial charge in [0.15, 0.2) is 5.65 Å². The second-order valence-corrected chi connectivity index (χ2v) is 5.61. The van der Waals surface area contributed by atoms with Crippen molar-refractivity contribution < 1.29 is 0 Å². The van der Waals surface area contributed by atoms with E-state index in [9.17, 15) is 0 Å². The van der Waals surface area contributed by atoms with Gasteiger partial charge in [-0.25, -0.2) is 0 Å². The van der Waals surface area contributed by atoms with Gasteiger partial charge in [-0.15, -0.1) is 0 Å². The number of hydrogen-bond donors (Lipinski definition) is 3. The molecule has 2 aromatic heterocycles. The zero-order valence-corrected chi connectivity index (χ0v) is 12.1. The van der Waals surface area contributed by atoms with Crippen molar-refractivity contribution >= 4 is 22.8 Å². The highest BCUT2D eigenvalue weighted by Gasteiger charge is 2.24. The molecular weight excluding hydrogens is 252 g/mol. The van der Waals surface area contributed by atoms with Gasteiger partial charge in [-0.3, -0.25) is 5.10 Å². The Morgan fingerprint density at radius 3 is 3.00 bits per heavy atom. The van der Waals surface area contributed by atoms with E-state index in [4.69, 9.17) is 0 Å². The molecule has 2 atom stereocenters. The smallest absolute Gasteiger partial charge is 0.226 e. The molecule has 20 heavy (non-hydrogen) atoms. The average molecular weight is 274 g/mol. The second-order valence-electron chi connectivity index (χ2n) is 5.61. The third-order valence-corrected chi connectivity index (χ3v) is 4.03. The SMILES string of the molecule is CCCNc1nc(NC2CCCC2C)c2cn[nH]c2n1. The summed E-state index contributed by atoms with van der Waals surface area (Å²) in [6.07, 6.45) is 6.63. The van der Waals surface area contributed by atoms with Crippen molar-refractivity contribution in [3.8, 4) is 0 Å². The van der Waals surface area contributed by atoms with Crippen molar-refractivity contribution in [1.29, 1.82) is 0 Å². The van der Waals surface area contributed by atoms with Crippen LogP contribution in [-0.2, 0) is 0 Å². The normalized spacial score (nSPS) is 22.3. The first-order valence-electron chi connectivity index (χ1n) is 7.49. The minimum atomic E-state index is 0.502. The molecule has 1 fully saturated rings. The highest BCUT2D eigenvalue weighted by Crippen LogP contribution is 2.29. The number of rotatable bonds is 5. The standard InChI is InChI=1S/C14H22N6/c1-3-7-15-14-18-12(10-8-16-20-13(10)19-14)17-11-6-4-5-9(11)2/h8-9,11H,3-7H2,1-2H3,(H3,15,16,17,18,19,20). The summed E-state index contributed by atoms with van der Waals surface area (Å²) in [6, 6.07) is 0.502. The van der Waals surface area contributed by atoms with Crippen LogP contribution < -0.4 is 10.6 Å². The van der Waals surface area contributed by atoms with Crippen LogP contribution in [0, 0.1) is 5.92 Å². The molecule has 1 aliphatic rings. The third kappa shape index (κ3) is 2.55. The molecule has 0 bridgehead atoms. The Hall–Kier alpha value is -1.85. The lowest BCUT2D eigenvalue weighted by Gasteiger charge is -2.18. The van der Waals surface area contributed by atoms with Crippen molar-refractivity contribution in [2.45, 2.75) is 45.6 Å². The Balaban J connectivity index is 1.88. The lowest BCUT2D eigenvalue weighted by atomic mass is 10.1. The summed E-state index contributed by atoms with van der Waals surface area (Å²) in [5.41, 5.74) is 0.784. The molecule has 2 aromatic rings. The van der Waals surface area contributed by atoms with Gasteiger partial charge < -0.3 is 10.6 Å². The second kappa shape index (κ2) is 5.64. The molecule has 0 aromatic carbocycles. The number of hydrogen-bond acceptors (Lipinski definition) is 5. The molecule has 6 heteroatoms. The first-order valence-corrected chi connectivity index (χ1v) is 7.49. The van der Waals surface area contributed by atoms with E-state index in [1.54, 1.807) is 6.20 Å². The fourth-order valence-electron chi connectivity index (χ4n) is 2.80. The number of fused-ring (bicyclic) bond motifs is 1. The monoisotopic (exact) mass is 274 g/mol. The van der Waals surface area contributed by atoms with E-state index in [1.165, 1.54) is 19.3 Å². The Morgan fingerprint density at radius 2 is 2.25 bits per heavy atom. The number of aromatic nitrogens is 4. The highest BCUT2D eigenvalue weighted by atomic mass is 15.2. The number of aromatic amines is 1. The molecule has 0 spiro atoms. The van der Waals surface area contributed by atoms with Crippen molar-refractivity contribution in [2.24, 2.45) is 5.92 Å². The Morgan fingerprint density at radius 1 is 1.35 bits per heavy atom. The fraction of sp³-hybridized carbons (Fsp3) is 0.643. The highest BCUT2D eigenvalue weighted by molar-refractivity contribution is 5.87. The maximum absolute atomic E-state index is 4.62. The van der Waals surface area contributed by atoms with Crippen molar-refractivity contribution in [2.75, 3.05) is 17.2 Å². The summed E-state index contributed by atoms with van der Waals surface area (Å²) < 4.78 is 0. The molecule has 108 valence electrons. The lowest BCUT2D eigenvalue weighted by Crippen LogP contribution is -2.23. The van der Waals surface area contributed by atoms with E-state index in [2.05, 4.69) is 44.6 Å². The van der Waals surface area contributed by atoms with Gasteiger partial charge >= 0.3 is 0 Å². The van der Waals surface area contributed by atoms with Crippen molar-refractivity contribution in [3.05, 3.63) is 6.20 Å². The number of nitrogens with one attached hydrogen (secondary N) is 3. The molecule has 3 N–H and O–H groups in total. The summed E-state index contributed by atoms with van der Waals surface area (Å²) in [6.45, 7) is 5.30. The number of nitrogens with zero attached hydrogens (tertiary/aromatic N) is 3. The van der Waals surface area contributed by atoms with Gasteiger partial charge in [0.2, 0.25) is 5.95 Å². The summed E-state index contributed by atoms with van der Waals surface area (Å²) in [5.74, 6) is 2.25. The summed E-state index contributed by atoms with van der Waals surface area (Å²) in [4.78, 5) is 9.06. The van der Waals surface area contributed by atoms with E-state index in [-0.39, 0.29) is 0 Å². The first kappa shape index (κ1) is 13.1. The van der Waals surface area contributed by atoms with Gasteiger partial charge in [0.1, 0.15) is 5.82 Å². The van der Waals surface area contributed by atoms with Crippen molar-refractivity contribution in [3.63, 3.8) is 0 Å². The molecule has 2 heterocycles. The van der Waals surface area contributed by atoms with Crippen LogP contribution >= 0.6 is 0 Å². The van der Waals surface area contributed by atoms with Crippen molar-refractivity contribution in [1.82, 2.24) is 20.2 Å². The first-order chi connectivity index (χ1) is 9.78. The summed E-state index contributed by atoms with van der Waals surface area (Å²) >= 11 is 0. The van der Waals surface area contributed by atoms with Crippen LogP contribution in [0.2, 0.25) is 0 Å². The predicted octanol–water partition coefficient (Wildman–Crippen LogP) is 2.78. The summed E-state index contributed by atoms with van der Waals surface area (Å²) in [7, 11) is 0. The molecule has 0 radical (unpaired) electrons. The molecule has 3 rings (SSSR count). The van der Waals surface area contributed by atoms with Crippen LogP contribution in [0.3, 0.4) is 0 Å². The van der Waals surface area contributed by atoms with Crippen LogP contribution in [0.4, 0.5) is 11.8 Å². The van der Waals surface area contributed by atoms with E-state index >= 15 is 0 Å². The Labute approximate surface area is 118 Å². The number of H-pyrrole nitrogens is 1. The quantitative estimate of drug-likeness (QED) is 0.781. The summed E-state index contributed by atoms with van der Waals surface area (Å²) in [5, 5.41) is 14.8. The van der Waals surface area contributed by atoms with Crippen LogP contribution in [0.15, 0.2) is 6.20 Å². The van der Waals surface area contributed by atoms with E-state index in [1.807, 2.05) is 0 Å². The fourth-order valence-corrected chi connectivity index (χ4v) is 2.80. The largest absolute Gasteiger partial charge is 0.366 e. The maximum Gasteiger partial charge on any atom is 0.226 e. The molecule has 6 nitrogen and oxygen atoms in total. The molecule has 1 saturated carbocycles. The average Bonchev–Trinajstić information content (AvgIpc) is 3.06. The van der Waals surface area contributed by atoms with Gasteiger partial charge in [0.25, 0.3) is 0 Å². The maximum atomic E-state index is 4.62. The number of anilines is 2. The lowest BCUT2D eigenvalue weighted by molar-refractivity contribution is 0.555. The van der Waals surface area contributed by atoms with E-state index < -0.39 is 0 Å². The molecule has 2 unspecified atom stereocenters. The molecule has 1 aliphatic carbocycles. The van der Waals surface area contributed by atoms with Crippen LogP contribution in [0.25, 0.3) is 11.0 Å². The minimum absolute atomic E-state index is 0.502. The topological polar surface area (TPSA) is 78.5 Å². The van der Waals surface area contributed by atoms with Gasteiger partial charge in [-0.05, 0) is 25.2 Å². The zero-order valence-electron chi connectivity index (χ0n) is 12.1. The molecule has 0 saturated heterocycles. The molecule has 0 amide bonds. The zero-order chi connectivity index (χ0) is 13.9. The van der Waals surface area contributed by atoms with E-state index in [0.29, 0.717) is 17.9 Å². The third-order valence-electron chi connectivity index (χ3n) is 4.03. The Bertz CT molecular complexity index is 578. The molecular formula is C14H22N6. The van der Waals surface area contributed by atoms with Gasteiger partial charge in [-0.1, -0.05) is 20.3 Å². The predicted molar refractivity (Wildman–Crippen MR) is 80.9 cm³/mol. The van der Waals surface area contributed by atoms with Crippen LogP contribution in [-0.4, -0.2) is 32.8 Å². The minimum Gasteiger partial charge on any atom is -0.366 e. The van der Waals surface area contributed by atoms with E-state index in [0.717, 1.165) is 29.8 Å². The van der Waals surface area contributed by atoms with Gasteiger partial charge in [0, 0.05) is 12.6 Å². The van der Waals surface area contributed by atoms with Gasteiger partial charge in [0.05, 0.1) is 11.6 Å².